The number of H-pyrrole nitrogens is 1. The lowest BCUT2D eigenvalue weighted by molar-refractivity contribution is 0.459. The van der Waals surface area contributed by atoms with Crippen LogP contribution in [0.15, 0.2) is 24.3 Å². The number of nitrogens with zero attached hydrogens (tertiary/aromatic N) is 2. The quantitative estimate of drug-likeness (QED) is 0.814. The molecule has 1 aliphatic rings. The van der Waals surface area contributed by atoms with E-state index in [1.54, 1.807) is 4.31 Å². The highest BCUT2D eigenvalue weighted by Gasteiger charge is 2.30. The van der Waals surface area contributed by atoms with Gasteiger partial charge in [-0.3, -0.25) is 0 Å². The summed E-state index contributed by atoms with van der Waals surface area (Å²) in [5.74, 6) is 1.35. The van der Waals surface area contributed by atoms with E-state index in [1.165, 1.54) is 0 Å². The van der Waals surface area contributed by atoms with E-state index in [0.29, 0.717) is 19.0 Å². The summed E-state index contributed by atoms with van der Waals surface area (Å²) in [7, 11) is -3.08. The largest absolute Gasteiger partial charge is 0.355 e. The van der Waals surface area contributed by atoms with Crippen molar-refractivity contribution in [2.75, 3.05) is 30.7 Å². The van der Waals surface area contributed by atoms with E-state index in [2.05, 4.69) is 15.3 Å². The monoisotopic (exact) mass is 336 g/mol. The number of benzene rings is 1. The highest BCUT2D eigenvalue weighted by molar-refractivity contribution is 7.89. The Bertz CT molecular complexity index is 723. The van der Waals surface area contributed by atoms with Crippen molar-refractivity contribution in [1.29, 1.82) is 0 Å². The fourth-order valence-electron chi connectivity index (χ4n) is 2.95. The predicted octanol–water partition coefficient (Wildman–Crippen LogP) is 2.43. The maximum Gasteiger partial charge on any atom is 0.214 e. The Hall–Kier alpha value is -1.60. The first-order valence-electron chi connectivity index (χ1n) is 8.25. The van der Waals surface area contributed by atoms with E-state index in [9.17, 15) is 8.42 Å². The van der Waals surface area contributed by atoms with Gasteiger partial charge in [0.15, 0.2) is 0 Å². The molecule has 2 N–H and O–H groups in total. The molecule has 1 atom stereocenters. The van der Waals surface area contributed by atoms with Gasteiger partial charge in [-0.05, 0) is 30.9 Å². The molecule has 1 unspecified atom stereocenters. The van der Waals surface area contributed by atoms with Crippen LogP contribution in [0.4, 0.5) is 5.95 Å². The number of unbranched alkanes of at least 4 members (excludes halogenated alkanes) is 1. The average molecular weight is 336 g/mol. The molecule has 1 saturated heterocycles. The number of imidazole rings is 1. The zero-order chi connectivity index (χ0) is 16.3. The number of aromatic amines is 1. The van der Waals surface area contributed by atoms with E-state index in [-0.39, 0.29) is 5.75 Å². The molecule has 6 nitrogen and oxygen atoms in total. The zero-order valence-corrected chi connectivity index (χ0v) is 14.3. The molecule has 2 heterocycles. The summed E-state index contributed by atoms with van der Waals surface area (Å²) in [6, 6.07) is 7.89. The summed E-state index contributed by atoms with van der Waals surface area (Å²) in [6.45, 7) is 4.00. The topological polar surface area (TPSA) is 78.1 Å². The van der Waals surface area contributed by atoms with Gasteiger partial charge in [-0.15, -0.1) is 0 Å². The van der Waals surface area contributed by atoms with E-state index >= 15 is 0 Å². The Morgan fingerprint density at radius 2 is 2.22 bits per heavy atom. The molecule has 0 aliphatic carbocycles. The van der Waals surface area contributed by atoms with Crippen LogP contribution in [0.25, 0.3) is 11.0 Å². The van der Waals surface area contributed by atoms with Crippen molar-refractivity contribution in [3.05, 3.63) is 24.3 Å². The van der Waals surface area contributed by atoms with Crippen LogP contribution in [-0.2, 0) is 10.0 Å². The molecule has 126 valence electrons. The Kier molecular flexibility index (Phi) is 4.87. The van der Waals surface area contributed by atoms with Crippen molar-refractivity contribution in [1.82, 2.24) is 14.3 Å². The predicted molar refractivity (Wildman–Crippen MR) is 93.0 cm³/mol. The summed E-state index contributed by atoms with van der Waals surface area (Å²) < 4.78 is 26.1. The van der Waals surface area contributed by atoms with Gasteiger partial charge in [0.05, 0.1) is 16.8 Å². The van der Waals surface area contributed by atoms with Crippen LogP contribution in [0, 0.1) is 5.92 Å². The van der Waals surface area contributed by atoms with E-state index in [0.717, 1.165) is 42.8 Å². The minimum Gasteiger partial charge on any atom is -0.355 e. The van der Waals surface area contributed by atoms with Crippen molar-refractivity contribution >= 4 is 27.0 Å². The number of nitrogens with one attached hydrogen (secondary N) is 2. The van der Waals surface area contributed by atoms with Crippen LogP contribution in [-0.4, -0.2) is 48.1 Å². The summed E-state index contributed by atoms with van der Waals surface area (Å²) in [5, 5.41) is 3.30. The van der Waals surface area contributed by atoms with Crippen molar-refractivity contribution in [3.8, 4) is 0 Å². The van der Waals surface area contributed by atoms with Crippen LogP contribution in [0.2, 0.25) is 0 Å². The number of fused-ring (bicyclic) bond motifs is 1. The highest BCUT2D eigenvalue weighted by atomic mass is 32.2. The molecule has 0 bridgehead atoms. The first-order chi connectivity index (χ1) is 11.1. The Morgan fingerprint density at radius 1 is 1.39 bits per heavy atom. The second kappa shape index (κ2) is 6.88. The standard InChI is InChI=1S/C16H24N4O2S/c1-2-3-10-23(21,22)20-9-8-13(12-20)11-17-16-18-14-6-4-5-7-15(14)19-16/h4-7,13H,2-3,8-12H2,1H3,(H2,17,18,19). The fourth-order valence-corrected chi connectivity index (χ4v) is 4.68. The molecule has 0 radical (unpaired) electrons. The minimum atomic E-state index is -3.08. The number of sulfonamides is 1. The van der Waals surface area contributed by atoms with Gasteiger partial charge in [-0.2, -0.15) is 0 Å². The second-order valence-electron chi connectivity index (χ2n) is 6.17. The van der Waals surface area contributed by atoms with Gasteiger partial charge in [0.2, 0.25) is 16.0 Å². The third-order valence-corrected chi connectivity index (χ3v) is 6.27. The molecule has 3 rings (SSSR count). The van der Waals surface area contributed by atoms with Gasteiger partial charge in [0, 0.05) is 19.6 Å². The molecule has 0 saturated carbocycles. The van der Waals surface area contributed by atoms with Crippen LogP contribution in [0.5, 0.6) is 0 Å². The maximum atomic E-state index is 12.2. The molecule has 2 aromatic rings. The first kappa shape index (κ1) is 16.3. The molecule has 0 spiro atoms. The number of anilines is 1. The van der Waals surface area contributed by atoms with E-state index in [1.807, 2.05) is 31.2 Å². The summed E-state index contributed by atoms with van der Waals surface area (Å²) >= 11 is 0. The molecule has 1 aliphatic heterocycles. The van der Waals surface area contributed by atoms with E-state index in [4.69, 9.17) is 0 Å². The van der Waals surface area contributed by atoms with Crippen molar-refractivity contribution in [2.24, 2.45) is 5.92 Å². The number of hydrogen-bond donors (Lipinski definition) is 2. The smallest absolute Gasteiger partial charge is 0.214 e. The van der Waals surface area contributed by atoms with Crippen molar-refractivity contribution < 1.29 is 8.42 Å². The average Bonchev–Trinajstić information content (AvgIpc) is 3.17. The van der Waals surface area contributed by atoms with Gasteiger partial charge in [0.1, 0.15) is 0 Å². The maximum absolute atomic E-state index is 12.2. The van der Waals surface area contributed by atoms with Gasteiger partial charge in [0.25, 0.3) is 0 Å². The van der Waals surface area contributed by atoms with Crippen molar-refractivity contribution in [2.45, 2.75) is 26.2 Å². The third kappa shape index (κ3) is 3.84. The summed E-state index contributed by atoms with van der Waals surface area (Å²) in [5.41, 5.74) is 1.94. The lowest BCUT2D eigenvalue weighted by Gasteiger charge is -2.16. The number of hydrogen-bond acceptors (Lipinski definition) is 4. The van der Waals surface area contributed by atoms with Crippen LogP contribution < -0.4 is 5.32 Å². The molecule has 1 fully saturated rings. The number of rotatable bonds is 7. The fraction of sp³-hybridized carbons (Fsp3) is 0.562. The van der Waals surface area contributed by atoms with Crippen LogP contribution in [0.3, 0.4) is 0 Å². The van der Waals surface area contributed by atoms with E-state index < -0.39 is 10.0 Å². The number of aromatic nitrogens is 2. The molecular weight excluding hydrogens is 312 g/mol. The molecular formula is C16H24N4O2S. The van der Waals surface area contributed by atoms with Gasteiger partial charge in [-0.1, -0.05) is 25.5 Å². The van der Waals surface area contributed by atoms with Crippen LogP contribution in [0.1, 0.15) is 26.2 Å². The molecule has 1 aromatic carbocycles. The molecule has 7 heteroatoms. The summed E-state index contributed by atoms with van der Waals surface area (Å²) in [6.07, 6.45) is 2.55. The Labute approximate surface area is 137 Å². The van der Waals surface area contributed by atoms with Crippen LogP contribution >= 0.6 is 0 Å². The number of para-hydroxylation sites is 2. The molecule has 1 aromatic heterocycles. The molecule has 23 heavy (non-hydrogen) atoms. The summed E-state index contributed by atoms with van der Waals surface area (Å²) in [4.78, 5) is 7.72. The Morgan fingerprint density at radius 3 is 3.00 bits per heavy atom. The first-order valence-corrected chi connectivity index (χ1v) is 9.86. The van der Waals surface area contributed by atoms with Gasteiger partial charge in [-0.25, -0.2) is 17.7 Å². The third-order valence-electron chi connectivity index (χ3n) is 4.35. The van der Waals surface area contributed by atoms with Gasteiger partial charge >= 0.3 is 0 Å². The lowest BCUT2D eigenvalue weighted by atomic mass is 10.1. The highest BCUT2D eigenvalue weighted by Crippen LogP contribution is 2.21. The Balaban J connectivity index is 1.54. The van der Waals surface area contributed by atoms with Gasteiger partial charge < -0.3 is 10.3 Å². The van der Waals surface area contributed by atoms with Crippen molar-refractivity contribution in [3.63, 3.8) is 0 Å². The molecule has 0 amide bonds. The minimum absolute atomic E-state index is 0.271. The SMILES string of the molecule is CCCCS(=O)(=O)N1CCC(CNc2nc3ccccc3[nH]2)C1. The zero-order valence-electron chi connectivity index (χ0n) is 13.5. The second-order valence-corrected chi connectivity index (χ2v) is 8.25. The lowest BCUT2D eigenvalue weighted by Crippen LogP contribution is -2.31. The normalized spacial score (nSPS) is 19.4.